The van der Waals surface area contributed by atoms with Gasteiger partial charge in [-0.3, -0.25) is 9.69 Å². The number of hydrogen-bond acceptors (Lipinski definition) is 3. The van der Waals surface area contributed by atoms with Crippen molar-refractivity contribution in [1.82, 2.24) is 10.2 Å². The van der Waals surface area contributed by atoms with Crippen molar-refractivity contribution in [2.24, 2.45) is 5.92 Å². The Balaban J connectivity index is 1.66. The van der Waals surface area contributed by atoms with E-state index in [1.165, 1.54) is 0 Å². The molecule has 0 aromatic rings. The first kappa shape index (κ1) is 10.6. The smallest absolute Gasteiger partial charge is 0.234 e. The van der Waals surface area contributed by atoms with Gasteiger partial charge >= 0.3 is 0 Å². The topological polar surface area (TPSA) is 52.6 Å². The standard InChI is InChI=1S/C11H18N2O2/c1-2-5-12-10(14)6-13-7-11(15,8-13)9-3-4-9/h2,9,15H,1,3-8H2,(H,12,14). The molecule has 15 heavy (non-hydrogen) atoms. The van der Waals surface area contributed by atoms with Crippen molar-refractivity contribution in [3.63, 3.8) is 0 Å². The van der Waals surface area contributed by atoms with Gasteiger partial charge in [-0.1, -0.05) is 6.08 Å². The maximum absolute atomic E-state index is 11.3. The summed E-state index contributed by atoms with van der Waals surface area (Å²) in [6.45, 7) is 5.74. The van der Waals surface area contributed by atoms with Crippen molar-refractivity contribution in [2.45, 2.75) is 18.4 Å². The van der Waals surface area contributed by atoms with Gasteiger partial charge in [-0.05, 0) is 18.8 Å². The van der Waals surface area contributed by atoms with Crippen molar-refractivity contribution in [3.8, 4) is 0 Å². The summed E-state index contributed by atoms with van der Waals surface area (Å²) < 4.78 is 0. The van der Waals surface area contributed by atoms with Gasteiger partial charge in [-0.15, -0.1) is 6.58 Å². The summed E-state index contributed by atoms with van der Waals surface area (Å²) in [5.74, 6) is 0.498. The van der Waals surface area contributed by atoms with E-state index >= 15 is 0 Å². The fourth-order valence-corrected chi connectivity index (χ4v) is 2.16. The van der Waals surface area contributed by atoms with Gasteiger partial charge in [-0.2, -0.15) is 0 Å². The number of hydrogen-bond donors (Lipinski definition) is 2. The lowest BCUT2D eigenvalue weighted by Crippen LogP contribution is -2.64. The van der Waals surface area contributed by atoms with Crippen molar-refractivity contribution in [1.29, 1.82) is 0 Å². The quantitative estimate of drug-likeness (QED) is 0.615. The summed E-state index contributed by atoms with van der Waals surface area (Å²) in [5, 5.41) is 12.7. The molecular formula is C11H18N2O2. The van der Waals surface area contributed by atoms with Gasteiger partial charge in [0.15, 0.2) is 0 Å². The molecule has 4 nitrogen and oxygen atoms in total. The first-order chi connectivity index (χ1) is 7.14. The second-order valence-corrected chi connectivity index (χ2v) is 4.62. The lowest BCUT2D eigenvalue weighted by Gasteiger charge is -2.46. The summed E-state index contributed by atoms with van der Waals surface area (Å²) in [6.07, 6.45) is 3.95. The molecule has 2 aliphatic rings. The van der Waals surface area contributed by atoms with E-state index in [1.54, 1.807) is 6.08 Å². The normalized spacial score (nSPS) is 24.3. The zero-order valence-corrected chi connectivity index (χ0v) is 8.91. The van der Waals surface area contributed by atoms with Crippen LogP contribution in [0.15, 0.2) is 12.7 Å². The third-order valence-corrected chi connectivity index (χ3v) is 3.14. The monoisotopic (exact) mass is 210 g/mol. The molecule has 1 saturated heterocycles. The third kappa shape index (κ3) is 2.38. The van der Waals surface area contributed by atoms with E-state index in [2.05, 4.69) is 11.9 Å². The predicted octanol–water partition coefficient (Wildman–Crippen LogP) is -0.255. The molecule has 0 radical (unpaired) electrons. The molecule has 1 saturated carbocycles. The van der Waals surface area contributed by atoms with Gasteiger partial charge in [-0.25, -0.2) is 0 Å². The lowest BCUT2D eigenvalue weighted by molar-refractivity contribution is -0.136. The summed E-state index contributed by atoms with van der Waals surface area (Å²) in [5.41, 5.74) is -0.487. The minimum Gasteiger partial charge on any atom is -0.387 e. The van der Waals surface area contributed by atoms with Crippen molar-refractivity contribution in [2.75, 3.05) is 26.2 Å². The SMILES string of the molecule is C=CCNC(=O)CN1CC(O)(C2CC2)C1. The number of likely N-dealkylation sites (tertiary alicyclic amines) is 1. The average Bonchev–Trinajstić information content (AvgIpc) is 2.95. The Morgan fingerprint density at radius 3 is 2.80 bits per heavy atom. The first-order valence-electron chi connectivity index (χ1n) is 5.46. The predicted molar refractivity (Wildman–Crippen MR) is 57.3 cm³/mol. The Kier molecular flexibility index (Phi) is 2.80. The maximum atomic E-state index is 11.3. The number of amides is 1. The molecule has 0 atom stereocenters. The van der Waals surface area contributed by atoms with Crippen LogP contribution in [0.1, 0.15) is 12.8 Å². The van der Waals surface area contributed by atoms with Crippen LogP contribution in [0, 0.1) is 5.92 Å². The Bertz CT molecular complexity index is 268. The van der Waals surface area contributed by atoms with Crippen molar-refractivity contribution >= 4 is 5.91 Å². The third-order valence-electron chi connectivity index (χ3n) is 3.14. The fourth-order valence-electron chi connectivity index (χ4n) is 2.16. The highest BCUT2D eigenvalue weighted by molar-refractivity contribution is 5.78. The Labute approximate surface area is 90.0 Å². The Morgan fingerprint density at radius 2 is 2.27 bits per heavy atom. The largest absolute Gasteiger partial charge is 0.387 e. The molecule has 1 aliphatic carbocycles. The maximum Gasteiger partial charge on any atom is 0.234 e. The van der Waals surface area contributed by atoms with Gasteiger partial charge in [0.2, 0.25) is 5.91 Å². The van der Waals surface area contributed by atoms with Gasteiger partial charge in [0, 0.05) is 19.6 Å². The van der Waals surface area contributed by atoms with Gasteiger partial charge < -0.3 is 10.4 Å². The molecule has 1 amide bonds. The van der Waals surface area contributed by atoms with E-state index in [-0.39, 0.29) is 5.91 Å². The van der Waals surface area contributed by atoms with Crippen LogP contribution < -0.4 is 5.32 Å². The first-order valence-corrected chi connectivity index (χ1v) is 5.46. The molecule has 1 heterocycles. The Morgan fingerprint density at radius 1 is 1.60 bits per heavy atom. The number of carbonyl (C=O) groups is 1. The molecule has 4 heteroatoms. The van der Waals surface area contributed by atoms with Crippen LogP contribution >= 0.6 is 0 Å². The zero-order chi connectivity index (χ0) is 10.9. The molecule has 84 valence electrons. The van der Waals surface area contributed by atoms with E-state index in [4.69, 9.17) is 0 Å². The number of carbonyl (C=O) groups excluding carboxylic acids is 1. The van der Waals surface area contributed by atoms with E-state index in [9.17, 15) is 9.90 Å². The number of rotatable bonds is 5. The zero-order valence-electron chi connectivity index (χ0n) is 8.91. The summed E-state index contributed by atoms with van der Waals surface area (Å²) in [7, 11) is 0. The van der Waals surface area contributed by atoms with E-state index < -0.39 is 5.60 Å². The Hall–Kier alpha value is -0.870. The highest BCUT2D eigenvalue weighted by atomic mass is 16.3. The molecule has 0 bridgehead atoms. The molecule has 2 fully saturated rings. The van der Waals surface area contributed by atoms with Crippen LogP contribution in [0.4, 0.5) is 0 Å². The van der Waals surface area contributed by atoms with Crippen LogP contribution in [-0.2, 0) is 4.79 Å². The molecule has 2 rings (SSSR count). The molecular weight excluding hydrogens is 192 g/mol. The van der Waals surface area contributed by atoms with Crippen LogP contribution in [0.5, 0.6) is 0 Å². The van der Waals surface area contributed by atoms with Crippen LogP contribution in [0.25, 0.3) is 0 Å². The minimum atomic E-state index is -0.487. The number of aliphatic hydroxyl groups is 1. The van der Waals surface area contributed by atoms with Crippen LogP contribution in [0.2, 0.25) is 0 Å². The number of nitrogens with zero attached hydrogens (tertiary/aromatic N) is 1. The van der Waals surface area contributed by atoms with Gasteiger partial charge in [0.05, 0.1) is 12.1 Å². The summed E-state index contributed by atoms with van der Waals surface area (Å²) in [4.78, 5) is 13.3. The second kappa shape index (κ2) is 3.94. The summed E-state index contributed by atoms with van der Waals surface area (Å²) >= 11 is 0. The van der Waals surface area contributed by atoms with Gasteiger partial charge in [0.25, 0.3) is 0 Å². The van der Waals surface area contributed by atoms with Crippen molar-refractivity contribution in [3.05, 3.63) is 12.7 Å². The molecule has 0 spiro atoms. The van der Waals surface area contributed by atoms with E-state index in [1.807, 2.05) is 4.90 Å². The van der Waals surface area contributed by atoms with Crippen LogP contribution in [-0.4, -0.2) is 47.7 Å². The summed E-state index contributed by atoms with van der Waals surface area (Å²) in [6, 6.07) is 0. The van der Waals surface area contributed by atoms with E-state index in [0.29, 0.717) is 32.1 Å². The molecule has 0 aromatic heterocycles. The molecule has 2 N–H and O–H groups in total. The number of nitrogens with one attached hydrogen (secondary N) is 1. The molecule has 0 aromatic carbocycles. The fraction of sp³-hybridized carbons (Fsp3) is 0.727. The van der Waals surface area contributed by atoms with E-state index in [0.717, 1.165) is 12.8 Å². The highest BCUT2D eigenvalue weighted by Gasteiger charge is 2.51. The molecule has 1 aliphatic heterocycles. The van der Waals surface area contributed by atoms with Crippen LogP contribution in [0.3, 0.4) is 0 Å². The lowest BCUT2D eigenvalue weighted by atomic mass is 9.89. The second-order valence-electron chi connectivity index (χ2n) is 4.62. The highest BCUT2D eigenvalue weighted by Crippen LogP contribution is 2.44. The molecule has 0 unspecified atom stereocenters. The minimum absolute atomic E-state index is 0.00717. The number of β-amino-alcohol motifs (C(OH)–C–C–N with tert-alkyl or cyclic N) is 1. The average molecular weight is 210 g/mol. The van der Waals surface area contributed by atoms with Gasteiger partial charge in [0.1, 0.15) is 0 Å². The van der Waals surface area contributed by atoms with Crippen molar-refractivity contribution < 1.29 is 9.90 Å².